The summed E-state index contributed by atoms with van der Waals surface area (Å²) in [5, 5.41) is 9.92. The SMILES string of the molecule is COC1CCC(OC2CCC3OC23)C1O. The lowest BCUT2D eigenvalue weighted by molar-refractivity contribution is -0.0977. The molecule has 0 aromatic carbocycles. The molecule has 2 saturated carbocycles. The highest BCUT2D eigenvalue weighted by Gasteiger charge is 2.52. The monoisotopic (exact) mass is 214 g/mol. The van der Waals surface area contributed by atoms with Gasteiger partial charge in [0.2, 0.25) is 0 Å². The molecule has 3 fully saturated rings. The molecule has 1 aliphatic heterocycles. The second-order valence-corrected chi connectivity index (χ2v) is 4.77. The van der Waals surface area contributed by atoms with Gasteiger partial charge in [0, 0.05) is 7.11 Å². The molecule has 1 saturated heterocycles. The Labute approximate surface area is 89.5 Å². The van der Waals surface area contributed by atoms with E-state index in [0.717, 1.165) is 25.7 Å². The summed E-state index contributed by atoms with van der Waals surface area (Å²) in [6, 6.07) is 0. The third kappa shape index (κ3) is 1.69. The van der Waals surface area contributed by atoms with Crippen LogP contribution in [0.15, 0.2) is 0 Å². The Morgan fingerprint density at radius 3 is 2.33 bits per heavy atom. The van der Waals surface area contributed by atoms with Gasteiger partial charge in [-0.15, -0.1) is 0 Å². The molecule has 2 aliphatic carbocycles. The van der Waals surface area contributed by atoms with Gasteiger partial charge in [0.25, 0.3) is 0 Å². The number of hydrogen-bond donors (Lipinski definition) is 1. The fraction of sp³-hybridized carbons (Fsp3) is 1.00. The summed E-state index contributed by atoms with van der Waals surface area (Å²) >= 11 is 0. The first-order chi connectivity index (χ1) is 7.29. The summed E-state index contributed by atoms with van der Waals surface area (Å²) in [6.07, 6.45) is 4.40. The second-order valence-electron chi connectivity index (χ2n) is 4.77. The molecule has 4 heteroatoms. The fourth-order valence-corrected chi connectivity index (χ4v) is 2.89. The fourth-order valence-electron chi connectivity index (χ4n) is 2.89. The van der Waals surface area contributed by atoms with Gasteiger partial charge in [-0.2, -0.15) is 0 Å². The maximum absolute atomic E-state index is 9.92. The third-order valence-corrected chi connectivity index (χ3v) is 3.87. The van der Waals surface area contributed by atoms with Crippen molar-refractivity contribution in [2.75, 3.05) is 7.11 Å². The van der Waals surface area contributed by atoms with Gasteiger partial charge in [0.1, 0.15) is 12.2 Å². The van der Waals surface area contributed by atoms with Gasteiger partial charge in [-0.3, -0.25) is 0 Å². The highest BCUT2D eigenvalue weighted by Crippen LogP contribution is 2.42. The molecule has 1 heterocycles. The molecule has 0 bridgehead atoms. The molecule has 3 rings (SSSR count). The van der Waals surface area contributed by atoms with E-state index in [1.165, 1.54) is 0 Å². The van der Waals surface area contributed by atoms with Gasteiger partial charge < -0.3 is 19.3 Å². The van der Waals surface area contributed by atoms with Crippen LogP contribution in [0.25, 0.3) is 0 Å². The second kappa shape index (κ2) is 3.70. The van der Waals surface area contributed by atoms with E-state index in [0.29, 0.717) is 12.2 Å². The largest absolute Gasteiger partial charge is 0.388 e. The summed E-state index contributed by atoms with van der Waals surface area (Å²) in [6.45, 7) is 0. The predicted octanol–water partition coefficient (Wildman–Crippen LogP) is 0.471. The number of aliphatic hydroxyl groups excluding tert-OH is 1. The summed E-state index contributed by atoms with van der Waals surface area (Å²) in [4.78, 5) is 0. The zero-order chi connectivity index (χ0) is 10.4. The Morgan fingerprint density at radius 1 is 1.07 bits per heavy atom. The summed E-state index contributed by atoms with van der Waals surface area (Å²) in [5.74, 6) is 0. The smallest absolute Gasteiger partial charge is 0.110 e. The lowest BCUT2D eigenvalue weighted by Crippen LogP contribution is -2.35. The van der Waals surface area contributed by atoms with Gasteiger partial charge >= 0.3 is 0 Å². The van der Waals surface area contributed by atoms with Crippen LogP contribution in [0.4, 0.5) is 0 Å². The van der Waals surface area contributed by atoms with Crippen LogP contribution in [0.2, 0.25) is 0 Å². The van der Waals surface area contributed by atoms with E-state index in [1.54, 1.807) is 7.11 Å². The van der Waals surface area contributed by atoms with Crippen molar-refractivity contribution >= 4 is 0 Å². The van der Waals surface area contributed by atoms with Gasteiger partial charge in [0.15, 0.2) is 0 Å². The Balaban J connectivity index is 1.55. The molecule has 6 unspecified atom stereocenters. The van der Waals surface area contributed by atoms with Crippen LogP contribution < -0.4 is 0 Å². The first kappa shape index (κ1) is 10.0. The van der Waals surface area contributed by atoms with Crippen molar-refractivity contribution in [1.82, 2.24) is 0 Å². The highest BCUT2D eigenvalue weighted by atomic mass is 16.6. The lowest BCUT2D eigenvalue weighted by Gasteiger charge is -2.22. The molecule has 0 aromatic rings. The molecule has 0 aromatic heterocycles. The van der Waals surface area contributed by atoms with Crippen LogP contribution in [0.5, 0.6) is 0 Å². The van der Waals surface area contributed by atoms with Crippen molar-refractivity contribution in [1.29, 1.82) is 0 Å². The standard InChI is InChI=1S/C11H18O4/c1-13-6-2-3-7(10(6)12)14-8-4-5-9-11(8)15-9/h6-12H,2-5H2,1H3. The number of rotatable bonds is 3. The molecular weight excluding hydrogens is 196 g/mol. The molecule has 15 heavy (non-hydrogen) atoms. The number of aliphatic hydroxyl groups is 1. The summed E-state index contributed by atoms with van der Waals surface area (Å²) < 4.78 is 16.5. The Hall–Kier alpha value is -0.160. The van der Waals surface area contributed by atoms with Gasteiger partial charge in [0.05, 0.1) is 24.4 Å². The maximum atomic E-state index is 9.92. The molecule has 4 nitrogen and oxygen atoms in total. The quantitative estimate of drug-likeness (QED) is 0.694. The minimum absolute atomic E-state index is 0.0488. The molecule has 0 amide bonds. The van der Waals surface area contributed by atoms with E-state index < -0.39 is 6.10 Å². The Bertz CT molecular complexity index is 245. The third-order valence-electron chi connectivity index (χ3n) is 3.87. The Morgan fingerprint density at radius 2 is 1.80 bits per heavy atom. The summed E-state index contributed by atoms with van der Waals surface area (Å²) in [5.41, 5.74) is 0. The minimum Gasteiger partial charge on any atom is -0.388 e. The van der Waals surface area contributed by atoms with Crippen molar-refractivity contribution in [3.05, 3.63) is 0 Å². The maximum Gasteiger partial charge on any atom is 0.110 e. The number of epoxide rings is 1. The van der Waals surface area contributed by atoms with Crippen LogP contribution in [-0.2, 0) is 14.2 Å². The molecule has 0 spiro atoms. The lowest BCUT2D eigenvalue weighted by atomic mass is 10.2. The molecule has 1 N–H and O–H groups in total. The molecule has 0 radical (unpaired) electrons. The van der Waals surface area contributed by atoms with E-state index in [4.69, 9.17) is 14.2 Å². The van der Waals surface area contributed by atoms with Crippen molar-refractivity contribution in [3.8, 4) is 0 Å². The number of methoxy groups -OCH3 is 1. The highest BCUT2D eigenvalue weighted by molar-refractivity contribution is 5.00. The average molecular weight is 214 g/mol. The van der Waals surface area contributed by atoms with E-state index in [2.05, 4.69) is 0 Å². The summed E-state index contributed by atoms with van der Waals surface area (Å²) in [7, 11) is 1.64. The van der Waals surface area contributed by atoms with Crippen molar-refractivity contribution in [2.45, 2.75) is 62.3 Å². The normalized spacial score (nSPS) is 53.2. The molecule has 3 aliphatic rings. The molecule has 86 valence electrons. The van der Waals surface area contributed by atoms with E-state index in [1.807, 2.05) is 0 Å². The van der Waals surface area contributed by atoms with Gasteiger partial charge in [-0.05, 0) is 25.7 Å². The van der Waals surface area contributed by atoms with Crippen molar-refractivity contribution in [2.24, 2.45) is 0 Å². The van der Waals surface area contributed by atoms with E-state index in [-0.39, 0.29) is 18.3 Å². The van der Waals surface area contributed by atoms with Gasteiger partial charge in [-0.25, -0.2) is 0 Å². The molecular formula is C11H18O4. The average Bonchev–Trinajstić information content (AvgIpc) is 2.81. The topological polar surface area (TPSA) is 51.2 Å². The Kier molecular flexibility index (Phi) is 2.47. The minimum atomic E-state index is -0.465. The van der Waals surface area contributed by atoms with Crippen molar-refractivity contribution < 1.29 is 19.3 Å². The zero-order valence-electron chi connectivity index (χ0n) is 8.96. The van der Waals surface area contributed by atoms with Crippen LogP contribution in [-0.4, -0.2) is 48.8 Å². The predicted molar refractivity (Wildman–Crippen MR) is 52.6 cm³/mol. The molecule has 6 atom stereocenters. The first-order valence-electron chi connectivity index (χ1n) is 5.81. The first-order valence-corrected chi connectivity index (χ1v) is 5.81. The zero-order valence-corrected chi connectivity index (χ0v) is 8.96. The van der Waals surface area contributed by atoms with Crippen LogP contribution in [0.3, 0.4) is 0 Å². The van der Waals surface area contributed by atoms with E-state index in [9.17, 15) is 5.11 Å². The van der Waals surface area contributed by atoms with Crippen LogP contribution >= 0.6 is 0 Å². The van der Waals surface area contributed by atoms with Crippen molar-refractivity contribution in [3.63, 3.8) is 0 Å². The number of ether oxygens (including phenoxy) is 3. The number of fused-ring (bicyclic) bond motifs is 1. The van der Waals surface area contributed by atoms with Crippen LogP contribution in [0.1, 0.15) is 25.7 Å². The van der Waals surface area contributed by atoms with Crippen LogP contribution in [0, 0.1) is 0 Å². The van der Waals surface area contributed by atoms with E-state index >= 15 is 0 Å². The number of hydrogen-bond acceptors (Lipinski definition) is 4. The van der Waals surface area contributed by atoms with Gasteiger partial charge in [-0.1, -0.05) is 0 Å².